The molecule has 4 amide bonds. The third-order valence-electron chi connectivity index (χ3n) is 5.41. The van der Waals surface area contributed by atoms with E-state index in [1.54, 1.807) is 17.3 Å². The van der Waals surface area contributed by atoms with E-state index in [-0.39, 0.29) is 24.4 Å². The Balaban J connectivity index is 1.74. The zero-order chi connectivity index (χ0) is 18.0. The molecular weight excluding hydrogens is 320 g/mol. The maximum absolute atomic E-state index is 12.8. The predicted molar refractivity (Wildman–Crippen MR) is 91.5 cm³/mol. The summed E-state index contributed by atoms with van der Waals surface area (Å²) in [6.07, 6.45) is 6.25. The molecule has 25 heavy (non-hydrogen) atoms. The average Bonchev–Trinajstić information content (AvgIpc) is 3.21. The smallest absolute Gasteiger partial charge is 0.325 e. The highest BCUT2D eigenvalue weighted by Gasteiger charge is 2.49. The van der Waals surface area contributed by atoms with Crippen LogP contribution in [0.2, 0.25) is 0 Å². The lowest BCUT2D eigenvalue weighted by Gasteiger charge is -2.27. The van der Waals surface area contributed by atoms with Crippen LogP contribution >= 0.6 is 0 Å². The highest BCUT2D eigenvalue weighted by molar-refractivity contribution is 6.09. The molecule has 1 N–H and O–H groups in total. The van der Waals surface area contributed by atoms with Crippen molar-refractivity contribution in [2.24, 2.45) is 0 Å². The molecule has 0 aliphatic carbocycles. The van der Waals surface area contributed by atoms with Gasteiger partial charge in [-0.1, -0.05) is 13.8 Å². The molecule has 2 aliphatic rings. The number of amides is 4. The lowest BCUT2D eigenvalue weighted by atomic mass is 9.93. The number of nitrogens with zero attached hydrogens (tertiary/aromatic N) is 3. The maximum Gasteiger partial charge on any atom is 0.325 e. The Morgan fingerprint density at radius 1 is 1.28 bits per heavy atom. The van der Waals surface area contributed by atoms with Crippen molar-refractivity contribution in [3.05, 3.63) is 30.1 Å². The van der Waals surface area contributed by atoms with Crippen molar-refractivity contribution < 1.29 is 14.4 Å². The van der Waals surface area contributed by atoms with Gasteiger partial charge in [0.15, 0.2) is 0 Å². The van der Waals surface area contributed by atoms with Crippen molar-refractivity contribution in [2.45, 2.75) is 51.1 Å². The number of carbonyl (C=O) groups excluding carboxylic acids is 3. The first-order valence-electron chi connectivity index (χ1n) is 8.86. The van der Waals surface area contributed by atoms with Crippen LogP contribution in [0.4, 0.5) is 4.79 Å². The number of aromatic nitrogens is 1. The molecule has 1 atom stereocenters. The summed E-state index contributed by atoms with van der Waals surface area (Å²) in [6.45, 7) is 4.18. The zero-order valence-corrected chi connectivity index (χ0v) is 14.7. The lowest BCUT2D eigenvalue weighted by Crippen LogP contribution is -2.47. The Hall–Kier alpha value is -2.44. The minimum absolute atomic E-state index is 0.0154. The van der Waals surface area contributed by atoms with E-state index in [1.165, 1.54) is 0 Å². The molecule has 134 valence electrons. The molecule has 0 radical (unpaired) electrons. The van der Waals surface area contributed by atoms with Gasteiger partial charge in [0, 0.05) is 18.9 Å². The Labute approximate surface area is 147 Å². The molecule has 0 bridgehead atoms. The highest BCUT2D eigenvalue weighted by atomic mass is 16.2. The molecule has 7 nitrogen and oxygen atoms in total. The summed E-state index contributed by atoms with van der Waals surface area (Å²) in [7, 11) is 0. The van der Waals surface area contributed by atoms with Crippen molar-refractivity contribution in [2.75, 3.05) is 13.1 Å². The molecule has 0 saturated carbocycles. The summed E-state index contributed by atoms with van der Waals surface area (Å²) < 4.78 is 0. The topological polar surface area (TPSA) is 82.6 Å². The van der Waals surface area contributed by atoms with E-state index in [4.69, 9.17) is 0 Å². The Morgan fingerprint density at radius 2 is 1.96 bits per heavy atom. The SMILES string of the molecule is CCC1(CC)NC(=O)N(CC(=O)N2CCC[C@@H]2c2ccncc2)C1=O. The van der Waals surface area contributed by atoms with Crippen molar-refractivity contribution >= 4 is 17.8 Å². The third kappa shape index (κ3) is 2.99. The third-order valence-corrected chi connectivity index (χ3v) is 5.41. The fourth-order valence-electron chi connectivity index (χ4n) is 3.77. The molecule has 0 aromatic carbocycles. The normalized spacial score (nSPS) is 22.4. The molecule has 2 fully saturated rings. The van der Waals surface area contributed by atoms with Crippen LogP contribution in [0.15, 0.2) is 24.5 Å². The largest absolute Gasteiger partial charge is 0.334 e. The number of rotatable bonds is 5. The van der Waals surface area contributed by atoms with Crippen LogP contribution in [0.5, 0.6) is 0 Å². The second kappa shape index (κ2) is 6.82. The number of hydrogen-bond donors (Lipinski definition) is 1. The number of pyridine rings is 1. The van der Waals surface area contributed by atoms with E-state index < -0.39 is 11.6 Å². The first kappa shape index (κ1) is 17.4. The monoisotopic (exact) mass is 344 g/mol. The van der Waals surface area contributed by atoms with Crippen LogP contribution in [-0.2, 0) is 9.59 Å². The van der Waals surface area contributed by atoms with E-state index in [9.17, 15) is 14.4 Å². The highest BCUT2D eigenvalue weighted by Crippen LogP contribution is 2.32. The molecule has 0 spiro atoms. The number of urea groups is 1. The Morgan fingerprint density at radius 3 is 2.56 bits per heavy atom. The van der Waals surface area contributed by atoms with Crippen molar-refractivity contribution in [3.63, 3.8) is 0 Å². The van der Waals surface area contributed by atoms with Gasteiger partial charge in [0.1, 0.15) is 12.1 Å². The lowest BCUT2D eigenvalue weighted by molar-refractivity contribution is -0.139. The number of hydrogen-bond acceptors (Lipinski definition) is 4. The quantitative estimate of drug-likeness (QED) is 0.827. The van der Waals surface area contributed by atoms with Gasteiger partial charge in [-0.3, -0.25) is 19.5 Å². The van der Waals surface area contributed by atoms with Gasteiger partial charge in [-0.05, 0) is 43.4 Å². The minimum Gasteiger partial charge on any atom is -0.334 e. The van der Waals surface area contributed by atoms with Gasteiger partial charge in [0.25, 0.3) is 5.91 Å². The summed E-state index contributed by atoms with van der Waals surface area (Å²) in [5.74, 6) is -0.485. The summed E-state index contributed by atoms with van der Waals surface area (Å²) in [6, 6.07) is 3.33. The van der Waals surface area contributed by atoms with Gasteiger partial charge in [-0.15, -0.1) is 0 Å². The summed E-state index contributed by atoms with van der Waals surface area (Å²) >= 11 is 0. The maximum atomic E-state index is 12.8. The van der Waals surface area contributed by atoms with Crippen LogP contribution in [0, 0.1) is 0 Å². The molecule has 2 aliphatic heterocycles. The number of likely N-dealkylation sites (tertiary alicyclic amines) is 1. The fraction of sp³-hybridized carbons (Fsp3) is 0.556. The predicted octanol–water partition coefficient (Wildman–Crippen LogP) is 1.86. The van der Waals surface area contributed by atoms with Crippen molar-refractivity contribution in [3.8, 4) is 0 Å². The number of nitrogens with one attached hydrogen (secondary N) is 1. The summed E-state index contributed by atoms with van der Waals surface area (Å²) in [5.41, 5.74) is 0.168. The Bertz CT molecular complexity index is 672. The van der Waals surface area contributed by atoms with E-state index in [2.05, 4.69) is 10.3 Å². The second-order valence-electron chi connectivity index (χ2n) is 6.64. The van der Waals surface area contributed by atoms with Gasteiger partial charge in [0.05, 0.1) is 6.04 Å². The van der Waals surface area contributed by atoms with Crippen LogP contribution in [0.1, 0.15) is 51.1 Å². The standard InChI is InChI=1S/C18H24N4O3/c1-3-18(4-2)16(24)22(17(25)20-18)12-15(23)21-11-5-6-14(21)13-7-9-19-10-8-13/h7-10,14H,3-6,11-12H2,1-2H3,(H,20,25)/t14-/m1/s1. The van der Waals surface area contributed by atoms with Gasteiger partial charge in [0.2, 0.25) is 5.91 Å². The van der Waals surface area contributed by atoms with E-state index in [1.807, 2.05) is 26.0 Å². The molecule has 2 saturated heterocycles. The molecule has 1 aromatic rings. The molecule has 3 rings (SSSR count). The minimum atomic E-state index is -0.868. The van der Waals surface area contributed by atoms with Crippen molar-refractivity contribution in [1.29, 1.82) is 0 Å². The molecule has 1 aromatic heterocycles. The van der Waals surface area contributed by atoms with Gasteiger partial charge in [-0.2, -0.15) is 0 Å². The van der Waals surface area contributed by atoms with Crippen LogP contribution < -0.4 is 5.32 Å². The molecule has 0 unspecified atom stereocenters. The van der Waals surface area contributed by atoms with E-state index in [0.717, 1.165) is 23.3 Å². The summed E-state index contributed by atoms with van der Waals surface area (Å²) in [4.78, 5) is 44.6. The van der Waals surface area contributed by atoms with E-state index >= 15 is 0 Å². The van der Waals surface area contributed by atoms with Gasteiger partial charge >= 0.3 is 6.03 Å². The van der Waals surface area contributed by atoms with Crippen LogP contribution in [-0.4, -0.2) is 51.3 Å². The first-order chi connectivity index (χ1) is 12.0. The Kier molecular flexibility index (Phi) is 4.74. The van der Waals surface area contributed by atoms with Gasteiger partial charge in [-0.25, -0.2) is 4.79 Å². The fourth-order valence-corrected chi connectivity index (χ4v) is 3.77. The molecule has 3 heterocycles. The molecule has 7 heteroatoms. The van der Waals surface area contributed by atoms with Crippen molar-refractivity contribution in [1.82, 2.24) is 20.1 Å². The average molecular weight is 344 g/mol. The molecular formula is C18H24N4O3. The van der Waals surface area contributed by atoms with E-state index in [0.29, 0.717) is 19.4 Å². The second-order valence-corrected chi connectivity index (χ2v) is 6.64. The van der Waals surface area contributed by atoms with Crippen LogP contribution in [0.3, 0.4) is 0 Å². The van der Waals surface area contributed by atoms with Crippen LogP contribution in [0.25, 0.3) is 0 Å². The number of imide groups is 1. The first-order valence-corrected chi connectivity index (χ1v) is 8.86. The summed E-state index contributed by atoms with van der Waals surface area (Å²) in [5, 5.41) is 2.76. The van der Waals surface area contributed by atoms with Gasteiger partial charge < -0.3 is 10.2 Å². The number of carbonyl (C=O) groups is 3. The zero-order valence-electron chi connectivity index (χ0n) is 14.7.